The maximum Gasteiger partial charge on any atom is 0.149 e. The van der Waals surface area contributed by atoms with E-state index in [0.717, 1.165) is 25.7 Å². The lowest BCUT2D eigenvalue weighted by Gasteiger charge is -2.36. The van der Waals surface area contributed by atoms with Crippen LogP contribution in [0.2, 0.25) is 0 Å². The van der Waals surface area contributed by atoms with Crippen molar-refractivity contribution in [3.8, 4) is 0 Å². The Bertz CT molecular complexity index is 491. The van der Waals surface area contributed by atoms with E-state index >= 15 is 0 Å². The Kier molecular flexibility index (Phi) is 3.06. The number of ketones is 1. The normalized spacial score (nSPS) is 31.1. The molecule has 1 nitrogen and oxygen atoms in total. The molecule has 1 fully saturated rings. The van der Waals surface area contributed by atoms with Crippen LogP contribution in [0.3, 0.4) is 0 Å². The number of benzene rings is 1. The maximum absolute atomic E-state index is 12.4. The van der Waals surface area contributed by atoms with Crippen molar-refractivity contribution in [2.24, 2.45) is 5.92 Å². The second-order valence-corrected chi connectivity index (χ2v) is 6.83. The van der Waals surface area contributed by atoms with Crippen LogP contribution in [0.5, 0.6) is 0 Å². The average Bonchev–Trinajstić information content (AvgIpc) is 2.68. The summed E-state index contributed by atoms with van der Waals surface area (Å²) in [7, 11) is 0. The molecular weight excluding hydrogens is 240 g/mol. The SMILES string of the molecule is CC1=CC[C@@H]2CCC(=O)[C@]2(Sc2ccccc2)C1. The fourth-order valence-electron chi connectivity index (χ4n) is 3.23. The molecule has 2 aliphatic rings. The molecule has 0 N–H and O–H groups in total. The Balaban J connectivity index is 1.94. The highest BCUT2D eigenvalue weighted by Crippen LogP contribution is 2.53. The lowest BCUT2D eigenvalue weighted by atomic mass is 9.81. The molecule has 2 aliphatic carbocycles. The van der Waals surface area contributed by atoms with E-state index in [0.29, 0.717) is 11.7 Å². The van der Waals surface area contributed by atoms with E-state index in [4.69, 9.17) is 0 Å². The molecule has 0 aromatic heterocycles. The van der Waals surface area contributed by atoms with Crippen LogP contribution in [0, 0.1) is 5.92 Å². The quantitative estimate of drug-likeness (QED) is 0.738. The molecule has 0 unspecified atom stereocenters. The van der Waals surface area contributed by atoms with E-state index < -0.39 is 0 Å². The lowest BCUT2D eigenvalue weighted by Crippen LogP contribution is -2.38. The zero-order valence-electron chi connectivity index (χ0n) is 10.7. The monoisotopic (exact) mass is 258 g/mol. The van der Waals surface area contributed by atoms with Gasteiger partial charge in [0.2, 0.25) is 0 Å². The maximum atomic E-state index is 12.4. The number of allylic oxidation sites excluding steroid dienone is 2. The van der Waals surface area contributed by atoms with Crippen LogP contribution in [0.1, 0.15) is 32.6 Å². The number of carbonyl (C=O) groups is 1. The van der Waals surface area contributed by atoms with Crippen LogP contribution in [0.4, 0.5) is 0 Å². The van der Waals surface area contributed by atoms with Gasteiger partial charge < -0.3 is 0 Å². The van der Waals surface area contributed by atoms with Gasteiger partial charge in [0.05, 0.1) is 4.75 Å². The van der Waals surface area contributed by atoms with Gasteiger partial charge in [-0.3, -0.25) is 4.79 Å². The molecule has 0 heterocycles. The van der Waals surface area contributed by atoms with Crippen LogP contribution in [-0.2, 0) is 4.79 Å². The molecule has 94 valence electrons. The Hall–Kier alpha value is -1.02. The van der Waals surface area contributed by atoms with Gasteiger partial charge in [0.25, 0.3) is 0 Å². The number of hydrogen-bond donors (Lipinski definition) is 0. The number of fused-ring (bicyclic) bond motifs is 1. The summed E-state index contributed by atoms with van der Waals surface area (Å²) in [6.07, 6.45) is 6.19. The van der Waals surface area contributed by atoms with E-state index in [-0.39, 0.29) is 4.75 Å². The predicted octanol–water partition coefficient (Wildman–Crippen LogP) is 4.24. The van der Waals surface area contributed by atoms with Crippen LogP contribution < -0.4 is 0 Å². The van der Waals surface area contributed by atoms with E-state index in [1.54, 1.807) is 11.8 Å². The fraction of sp³-hybridized carbons (Fsp3) is 0.438. The standard InChI is InChI=1S/C16H18OS/c1-12-7-8-13-9-10-15(17)16(13,11-12)18-14-5-3-2-4-6-14/h2-7,13H,8-11H2,1H3/t13-,16+/m1/s1. The summed E-state index contributed by atoms with van der Waals surface area (Å²) >= 11 is 1.80. The van der Waals surface area contributed by atoms with Crippen molar-refractivity contribution in [2.45, 2.75) is 42.2 Å². The molecule has 0 radical (unpaired) electrons. The van der Waals surface area contributed by atoms with Gasteiger partial charge in [-0.05, 0) is 44.2 Å². The minimum absolute atomic E-state index is 0.166. The summed E-state index contributed by atoms with van der Waals surface area (Å²) in [5, 5.41) is 0. The zero-order valence-corrected chi connectivity index (χ0v) is 11.5. The van der Waals surface area contributed by atoms with Crippen molar-refractivity contribution in [1.29, 1.82) is 0 Å². The van der Waals surface area contributed by atoms with Crippen LogP contribution in [0.25, 0.3) is 0 Å². The molecule has 18 heavy (non-hydrogen) atoms. The first-order chi connectivity index (χ1) is 8.71. The molecule has 1 saturated carbocycles. The largest absolute Gasteiger partial charge is 0.298 e. The van der Waals surface area contributed by atoms with Gasteiger partial charge >= 0.3 is 0 Å². The van der Waals surface area contributed by atoms with Crippen LogP contribution in [0.15, 0.2) is 46.9 Å². The summed E-state index contributed by atoms with van der Waals surface area (Å²) in [5.41, 5.74) is 1.38. The number of carbonyl (C=O) groups excluding carboxylic acids is 1. The lowest BCUT2D eigenvalue weighted by molar-refractivity contribution is -0.119. The Morgan fingerprint density at radius 1 is 1.28 bits per heavy atom. The smallest absolute Gasteiger partial charge is 0.149 e. The number of rotatable bonds is 2. The Morgan fingerprint density at radius 3 is 2.83 bits per heavy atom. The summed E-state index contributed by atoms with van der Waals surface area (Å²) in [5.74, 6) is 1.01. The van der Waals surface area contributed by atoms with E-state index in [1.165, 1.54) is 10.5 Å². The second-order valence-electron chi connectivity index (χ2n) is 5.43. The fourth-order valence-corrected chi connectivity index (χ4v) is 4.84. The minimum Gasteiger partial charge on any atom is -0.298 e. The Morgan fingerprint density at radius 2 is 2.06 bits per heavy atom. The van der Waals surface area contributed by atoms with Crippen molar-refractivity contribution in [2.75, 3.05) is 0 Å². The van der Waals surface area contributed by atoms with Crippen molar-refractivity contribution in [3.63, 3.8) is 0 Å². The van der Waals surface area contributed by atoms with E-state index in [1.807, 2.05) is 6.07 Å². The molecule has 3 rings (SSSR count). The third kappa shape index (κ3) is 1.93. The summed E-state index contributed by atoms with van der Waals surface area (Å²) in [6.45, 7) is 2.16. The predicted molar refractivity (Wildman–Crippen MR) is 75.8 cm³/mol. The molecule has 0 aliphatic heterocycles. The van der Waals surface area contributed by atoms with Gasteiger partial charge in [-0.1, -0.05) is 29.8 Å². The zero-order chi connectivity index (χ0) is 12.6. The van der Waals surface area contributed by atoms with Crippen LogP contribution in [-0.4, -0.2) is 10.5 Å². The first kappa shape index (κ1) is 12.0. The first-order valence-electron chi connectivity index (χ1n) is 6.64. The minimum atomic E-state index is -0.166. The molecule has 2 heteroatoms. The molecule has 1 aromatic rings. The van der Waals surface area contributed by atoms with Crippen LogP contribution >= 0.6 is 11.8 Å². The topological polar surface area (TPSA) is 17.1 Å². The molecule has 0 saturated heterocycles. The highest BCUT2D eigenvalue weighted by molar-refractivity contribution is 8.01. The second kappa shape index (κ2) is 4.58. The van der Waals surface area contributed by atoms with Gasteiger partial charge in [0, 0.05) is 11.3 Å². The first-order valence-corrected chi connectivity index (χ1v) is 7.45. The molecule has 0 bridgehead atoms. The Labute approximate surface area is 113 Å². The van der Waals surface area contributed by atoms with Crippen molar-refractivity contribution >= 4 is 17.5 Å². The summed E-state index contributed by atoms with van der Waals surface area (Å²) < 4.78 is -0.166. The molecule has 0 spiro atoms. The molecule has 2 atom stereocenters. The van der Waals surface area contributed by atoms with E-state index in [2.05, 4.69) is 37.3 Å². The highest BCUT2D eigenvalue weighted by atomic mass is 32.2. The van der Waals surface area contributed by atoms with Crippen molar-refractivity contribution in [1.82, 2.24) is 0 Å². The molecule has 0 amide bonds. The highest BCUT2D eigenvalue weighted by Gasteiger charge is 2.51. The summed E-state index contributed by atoms with van der Waals surface area (Å²) in [4.78, 5) is 13.7. The van der Waals surface area contributed by atoms with Gasteiger partial charge in [0.15, 0.2) is 0 Å². The molecular formula is C16H18OS. The average molecular weight is 258 g/mol. The number of Topliss-reactive ketones (excluding diaryl/α,β-unsaturated/α-hetero) is 1. The van der Waals surface area contributed by atoms with Gasteiger partial charge in [0.1, 0.15) is 5.78 Å². The van der Waals surface area contributed by atoms with Gasteiger partial charge in [-0.2, -0.15) is 0 Å². The van der Waals surface area contributed by atoms with Gasteiger partial charge in [-0.15, -0.1) is 11.8 Å². The van der Waals surface area contributed by atoms with Crippen molar-refractivity contribution in [3.05, 3.63) is 42.0 Å². The van der Waals surface area contributed by atoms with Gasteiger partial charge in [-0.25, -0.2) is 0 Å². The third-order valence-corrected chi connectivity index (χ3v) is 5.76. The third-order valence-electron chi connectivity index (χ3n) is 4.19. The van der Waals surface area contributed by atoms with Crippen molar-refractivity contribution < 1.29 is 4.79 Å². The summed E-state index contributed by atoms with van der Waals surface area (Å²) in [6, 6.07) is 10.4. The van der Waals surface area contributed by atoms with E-state index in [9.17, 15) is 4.79 Å². The number of hydrogen-bond acceptors (Lipinski definition) is 2. The molecule has 1 aromatic carbocycles. The number of thioether (sulfide) groups is 1.